The van der Waals surface area contributed by atoms with Gasteiger partial charge in [0.1, 0.15) is 5.76 Å². The zero-order chi connectivity index (χ0) is 10.5. The molecule has 2 heterocycles. The maximum absolute atomic E-state index is 5.46. The van der Waals surface area contributed by atoms with Gasteiger partial charge in [-0.1, -0.05) is 6.92 Å². The van der Waals surface area contributed by atoms with E-state index in [9.17, 15) is 0 Å². The minimum Gasteiger partial charge on any atom is -0.468 e. The molecule has 1 saturated heterocycles. The Morgan fingerprint density at radius 1 is 1.60 bits per heavy atom. The van der Waals surface area contributed by atoms with E-state index in [2.05, 4.69) is 12.2 Å². The number of rotatable bonds is 5. The number of ether oxygens (including phenoxy) is 1. The summed E-state index contributed by atoms with van der Waals surface area (Å²) >= 11 is 0. The Hall–Kier alpha value is -0.800. The van der Waals surface area contributed by atoms with Gasteiger partial charge in [-0.15, -0.1) is 0 Å². The summed E-state index contributed by atoms with van der Waals surface area (Å²) < 4.78 is 10.9. The molecule has 1 aromatic heterocycles. The van der Waals surface area contributed by atoms with Crippen LogP contribution in [-0.2, 0) is 4.74 Å². The van der Waals surface area contributed by atoms with E-state index in [1.165, 1.54) is 6.42 Å². The predicted octanol–water partition coefficient (Wildman–Crippen LogP) is 2.36. The lowest BCUT2D eigenvalue weighted by Crippen LogP contribution is -2.23. The third-order valence-corrected chi connectivity index (χ3v) is 2.93. The first-order chi connectivity index (χ1) is 7.40. The Kier molecular flexibility index (Phi) is 3.80. The molecule has 0 radical (unpaired) electrons. The van der Waals surface area contributed by atoms with E-state index in [4.69, 9.17) is 9.15 Å². The van der Waals surface area contributed by atoms with Gasteiger partial charge in [0.15, 0.2) is 0 Å². The molecule has 0 saturated carbocycles. The normalized spacial score (nSPS) is 23.1. The van der Waals surface area contributed by atoms with E-state index in [0.717, 1.165) is 31.9 Å². The van der Waals surface area contributed by atoms with E-state index in [0.29, 0.717) is 12.0 Å². The quantitative estimate of drug-likeness (QED) is 0.808. The minimum atomic E-state index is 0.344. The average Bonchev–Trinajstić information content (AvgIpc) is 2.89. The van der Waals surface area contributed by atoms with Crippen LogP contribution in [0.3, 0.4) is 0 Å². The largest absolute Gasteiger partial charge is 0.468 e. The van der Waals surface area contributed by atoms with Crippen LogP contribution in [0.15, 0.2) is 22.8 Å². The van der Waals surface area contributed by atoms with Gasteiger partial charge in [0.2, 0.25) is 0 Å². The second-order valence-electron chi connectivity index (χ2n) is 4.09. The summed E-state index contributed by atoms with van der Waals surface area (Å²) in [6, 6.07) is 4.34. The maximum atomic E-state index is 5.46. The molecule has 15 heavy (non-hydrogen) atoms. The topological polar surface area (TPSA) is 34.4 Å². The molecule has 1 fully saturated rings. The Morgan fingerprint density at radius 3 is 3.13 bits per heavy atom. The third-order valence-electron chi connectivity index (χ3n) is 2.93. The van der Waals surface area contributed by atoms with Gasteiger partial charge < -0.3 is 14.5 Å². The summed E-state index contributed by atoms with van der Waals surface area (Å²) in [5.41, 5.74) is 0. The zero-order valence-electron chi connectivity index (χ0n) is 9.24. The lowest BCUT2D eigenvalue weighted by molar-refractivity contribution is 0.180. The van der Waals surface area contributed by atoms with Gasteiger partial charge in [-0.05, 0) is 37.4 Å². The van der Waals surface area contributed by atoms with E-state index in [1.54, 1.807) is 6.26 Å². The van der Waals surface area contributed by atoms with E-state index in [1.807, 2.05) is 12.1 Å². The van der Waals surface area contributed by atoms with Crippen molar-refractivity contribution >= 4 is 0 Å². The molecule has 0 bridgehead atoms. The summed E-state index contributed by atoms with van der Waals surface area (Å²) in [7, 11) is 0. The van der Waals surface area contributed by atoms with Crippen LogP contribution in [0.2, 0.25) is 0 Å². The molecule has 3 heteroatoms. The van der Waals surface area contributed by atoms with Gasteiger partial charge in [-0.25, -0.2) is 0 Å². The third kappa shape index (κ3) is 2.83. The van der Waals surface area contributed by atoms with Crippen molar-refractivity contribution in [3.05, 3.63) is 24.2 Å². The fourth-order valence-corrected chi connectivity index (χ4v) is 2.14. The molecule has 1 aliphatic rings. The van der Waals surface area contributed by atoms with Crippen LogP contribution in [0, 0.1) is 5.92 Å². The summed E-state index contributed by atoms with van der Waals surface area (Å²) in [5, 5.41) is 3.46. The standard InChI is InChI=1S/C12H19NO2/c1-2-13-11(12-4-3-6-15-12)8-10-5-7-14-9-10/h3-4,6,10-11,13H,2,5,7-9H2,1H3. The average molecular weight is 209 g/mol. The second-order valence-corrected chi connectivity index (χ2v) is 4.09. The summed E-state index contributed by atoms with van der Waals surface area (Å²) in [6.07, 6.45) is 4.04. The SMILES string of the molecule is CCNC(CC1CCOC1)c1ccco1. The van der Waals surface area contributed by atoms with Crippen LogP contribution < -0.4 is 5.32 Å². The molecular formula is C12H19NO2. The molecule has 1 aliphatic heterocycles. The van der Waals surface area contributed by atoms with Gasteiger partial charge in [0.05, 0.1) is 12.3 Å². The summed E-state index contributed by atoms with van der Waals surface area (Å²) in [6.45, 7) is 4.92. The fraction of sp³-hybridized carbons (Fsp3) is 0.667. The highest BCUT2D eigenvalue weighted by molar-refractivity contribution is 5.04. The van der Waals surface area contributed by atoms with Gasteiger partial charge in [-0.2, -0.15) is 0 Å². The van der Waals surface area contributed by atoms with Crippen LogP contribution in [0.4, 0.5) is 0 Å². The van der Waals surface area contributed by atoms with Crippen molar-refractivity contribution in [1.29, 1.82) is 0 Å². The monoisotopic (exact) mass is 209 g/mol. The molecule has 2 unspecified atom stereocenters. The van der Waals surface area contributed by atoms with Gasteiger partial charge >= 0.3 is 0 Å². The molecule has 0 spiro atoms. The molecule has 3 nitrogen and oxygen atoms in total. The van der Waals surface area contributed by atoms with Gasteiger partial charge in [0, 0.05) is 13.2 Å². The highest BCUT2D eigenvalue weighted by Crippen LogP contribution is 2.26. The lowest BCUT2D eigenvalue weighted by atomic mass is 9.98. The molecule has 0 aromatic carbocycles. The second kappa shape index (κ2) is 5.33. The van der Waals surface area contributed by atoms with E-state index < -0.39 is 0 Å². The van der Waals surface area contributed by atoms with Crippen molar-refractivity contribution in [2.75, 3.05) is 19.8 Å². The molecular weight excluding hydrogens is 190 g/mol. The van der Waals surface area contributed by atoms with Crippen molar-refractivity contribution in [2.45, 2.75) is 25.8 Å². The number of hydrogen-bond acceptors (Lipinski definition) is 3. The van der Waals surface area contributed by atoms with Crippen molar-refractivity contribution < 1.29 is 9.15 Å². The lowest BCUT2D eigenvalue weighted by Gasteiger charge is -2.18. The van der Waals surface area contributed by atoms with E-state index >= 15 is 0 Å². The molecule has 84 valence electrons. The van der Waals surface area contributed by atoms with Crippen LogP contribution in [0.5, 0.6) is 0 Å². The first kappa shape index (κ1) is 10.7. The first-order valence-electron chi connectivity index (χ1n) is 5.74. The number of hydrogen-bond donors (Lipinski definition) is 1. The zero-order valence-corrected chi connectivity index (χ0v) is 9.24. The van der Waals surface area contributed by atoms with Crippen LogP contribution in [0.1, 0.15) is 31.6 Å². The van der Waals surface area contributed by atoms with Crippen LogP contribution in [-0.4, -0.2) is 19.8 Å². The van der Waals surface area contributed by atoms with Crippen molar-refractivity contribution in [3.8, 4) is 0 Å². The Labute approximate surface area is 90.8 Å². The summed E-state index contributed by atoms with van der Waals surface area (Å²) in [4.78, 5) is 0. The summed E-state index contributed by atoms with van der Waals surface area (Å²) in [5.74, 6) is 1.72. The molecule has 0 aliphatic carbocycles. The highest BCUT2D eigenvalue weighted by atomic mass is 16.5. The van der Waals surface area contributed by atoms with E-state index in [-0.39, 0.29) is 0 Å². The smallest absolute Gasteiger partial charge is 0.120 e. The van der Waals surface area contributed by atoms with Crippen molar-refractivity contribution in [1.82, 2.24) is 5.32 Å². The van der Waals surface area contributed by atoms with Crippen LogP contribution in [0.25, 0.3) is 0 Å². The fourth-order valence-electron chi connectivity index (χ4n) is 2.14. The highest BCUT2D eigenvalue weighted by Gasteiger charge is 2.22. The van der Waals surface area contributed by atoms with Crippen molar-refractivity contribution in [2.24, 2.45) is 5.92 Å². The Balaban J connectivity index is 1.93. The van der Waals surface area contributed by atoms with Crippen LogP contribution >= 0.6 is 0 Å². The predicted molar refractivity (Wildman–Crippen MR) is 58.7 cm³/mol. The first-order valence-corrected chi connectivity index (χ1v) is 5.74. The number of furan rings is 1. The molecule has 2 atom stereocenters. The molecule has 1 N–H and O–H groups in total. The van der Waals surface area contributed by atoms with Gasteiger partial charge in [0.25, 0.3) is 0 Å². The van der Waals surface area contributed by atoms with Gasteiger partial charge in [-0.3, -0.25) is 0 Å². The molecule has 1 aromatic rings. The Morgan fingerprint density at radius 2 is 2.53 bits per heavy atom. The van der Waals surface area contributed by atoms with Crippen molar-refractivity contribution in [3.63, 3.8) is 0 Å². The molecule has 0 amide bonds. The number of nitrogens with one attached hydrogen (secondary N) is 1. The Bertz CT molecular complexity index is 265. The molecule has 2 rings (SSSR count). The minimum absolute atomic E-state index is 0.344. The maximum Gasteiger partial charge on any atom is 0.120 e.